The Kier molecular flexibility index (Phi) is 4.78. The number of thiophene rings is 1. The predicted octanol–water partition coefficient (Wildman–Crippen LogP) is 5.19. The van der Waals surface area contributed by atoms with Crippen LogP contribution in [0.2, 0.25) is 0 Å². The quantitative estimate of drug-likeness (QED) is 0.430. The van der Waals surface area contributed by atoms with Gasteiger partial charge in [-0.3, -0.25) is 9.78 Å². The van der Waals surface area contributed by atoms with E-state index in [0.717, 1.165) is 26.9 Å². The van der Waals surface area contributed by atoms with Crippen LogP contribution < -0.4 is 5.32 Å². The number of para-hydroxylation sites is 1. The first kappa shape index (κ1) is 18.2. The van der Waals surface area contributed by atoms with Crippen molar-refractivity contribution in [3.05, 3.63) is 95.5 Å². The molecule has 2 aromatic carbocycles. The van der Waals surface area contributed by atoms with Crippen LogP contribution in [0, 0.1) is 0 Å². The van der Waals surface area contributed by atoms with E-state index in [0.29, 0.717) is 23.0 Å². The summed E-state index contributed by atoms with van der Waals surface area (Å²) in [5, 5.41) is 8.12. The first-order chi connectivity index (χ1) is 14.8. The van der Waals surface area contributed by atoms with Crippen molar-refractivity contribution in [3.8, 4) is 11.4 Å². The summed E-state index contributed by atoms with van der Waals surface area (Å²) in [7, 11) is 0. The molecule has 0 aliphatic heterocycles. The Hall–Kier alpha value is -3.84. The van der Waals surface area contributed by atoms with Crippen molar-refractivity contribution >= 4 is 33.0 Å². The number of carbonyl (C=O) groups excluding carboxylic acids is 1. The fraction of sp³-hybridized carbons (Fsp3) is 0.0435. The summed E-state index contributed by atoms with van der Waals surface area (Å²) < 4.78 is 6.50. The first-order valence-electron chi connectivity index (χ1n) is 9.37. The van der Waals surface area contributed by atoms with Crippen LogP contribution in [0.3, 0.4) is 0 Å². The number of pyridine rings is 1. The standard InChI is InChI=1S/C23H16N4O2S/c28-23(20-12-16-7-2-4-10-19(16)30-20)25-18-9-3-1-6-15(18)13-21-26-22(27-29-21)17-8-5-11-24-14-17/h1-12,14H,13H2,(H,25,28). The number of rotatable bonds is 5. The second-order valence-corrected chi connectivity index (χ2v) is 7.77. The summed E-state index contributed by atoms with van der Waals surface area (Å²) in [6.07, 6.45) is 3.80. The molecule has 0 radical (unpaired) electrons. The highest BCUT2D eigenvalue weighted by molar-refractivity contribution is 7.20. The number of amides is 1. The Morgan fingerprint density at radius 1 is 1.03 bits per heavy atom. The van der Waals surface area contributed by atoms with Crippen molar-refractivity contribution in [1.29, 1.82) is 0 Å². The number of nitrogens with zero attached hydrogens (tertiary/aromatic N) is 3. The van der Waals surface area contributed by atoms with E-state index in [9.17, 15) is 4.79 Å². The van der Waals surface area contributed by atoms with Crippen LogP contribution in [0.15, 0.2) is 83.6 Å². The van der Waals surface area contributed by atoms with Crippen LogP contribution in [0.1, 0.15) is 21.1 Å². The molecule has 0 fully saturated rings. The van der Waals surface area contributed by atoms with Gasteiger partial charge in [0.2, 0.25) is 11.7 Å². The number of aromatic nitrogens is 3. The number of carbonyl (C=O) groups is 1. The van der Waals surface area contributed by atoms with Gasteiger partial charge in [-0.25, -0.2) is 0 Å². The largest absolute Gasteiger partial charge is 0.339 e. The molecule has 0 aliphatic rings. The second kappa shape index (κ2) is 7.88. The topological polar surface area (TPSA) is 80.9 Å². The van der Waals surface area contributed by atoms with Crippen LogP contribution in [-0.4, -0.2) is 21.0 Å². The third kappa shape index (κ3) is 3.70. The zero-order valence-electron chi connectivity index (χ0n) is 15.8. The smallest absolute Gasteiger partial charge is 0.265 e. The zero-order chi connectivity index (χ0) is 20.3. The monoisotopic (exact) mass is 412 g/mol. The van der Waals surface area contributed by atoms with Crippen LogP contribution >= 0.6 is 11.3 Å². The molecule has 0 saturated heterocycles. The maximum atomic E-state index is 12.8. The molecule has 7 heteroatoms. The van der Waals surface area contributed by atoms with Crippen molar-refractivity contribution in [3.63, 3.8) is 0 Å². The number of benzene rings is 2. The second-order valence-electron chi connectivity index (χ2n) is 6.69. The van der Waals surface area contributed by atoms with Gasteiger partial charge in [0.1, 0.15) is 0 Å². The molecule has 0 unspecified atom stereocenters. The van der Waals surface area contributed by atoms with E-state index in [2.05, 4.69) is 20.4 Å². The molecule has 0 bridgehead atoms. The minimum absolute atomic E-state index is 0.134. The molecule has 1 amide bonds. The van der Waals surface area contributed by atoms with Crippen molar-refractivity contribution in [1.82, 2.24) is 15.1 Å². The Balaban J connectivity index is 1.37. The third-order valence-electron chi connectivity index (χ3n) is 4.64. The van der Waals surface area contributed by atoms with Crippen LogP contribution in [0.5, 0.6) is 0 Å². The molecular weight excluding hydrogens is 396 g/mol. The lowest BCUT2D eigenvalue weighted by molar-refractivity contribution is 0.103. The Morgan fingerprint density at radius 3 is 2.77 bits per heavy atom. The minimum Gasteiger partial charge on any atom is -0.339 e. The number of hydrogen-bond donors (Lipinski definition) is 1. The Bertz CT molecular complexity index is 1290. The van der Waals surface area contributed by atoms with Crippen molar-refractivity contribution in [2.45, 2.75) is 6.42 Å². The first-order valence-corrected chi connectivity index (χ1v) is 10.2. The molecule has 0 spiro atoms. The highest BCUT2D eigenvalue weighted by Gasteiger charge is 2.15. The fourth-order valence-electron chi connectivity index (χ4n) is 3.18. The molecule has 30 heavy (non-hydrogen) atoms. The average molecular weight is 412 g/mol. The van der Waals surface area contributed by atoms with E-state index >= 15 is 0 Å². The molecule has 0 aliphatic carbocycles. The van der Waals surface area contributed by atoms with Gasteiger partial charge in [0, 0.05) is 28.3 Å². The van der Waals surface area contributed by atoms with Crippen LogP contribution in [-0.2, 0) is 6.42 Å². The van der Waals surface area contributed by atoms with Gasteiger partial charge in [-0.2, -0.15) is 4.98 Å². The van der Waals surface area contributed by atoms with Crippen molar-refractivity contribution in [2.75, 3.05) is 5.32 Å². The fourth-order valence-corrected chi connectivity index (χ4v) is 4.13. The van der Waals surface area contributed by atoms with Gasteiger partial charge < -0.3 is 9.84 Å². The Labute approximate surface area is 176 Å². The summed E-state index contributed by atoms with van der Waals surface area (Å²) >= 11 is 1.48. The van der Waals surface area contributed by atoms with Gasteiger partial charge in [0.25, 0.3) is 5.91 Å². The van der Waals surface area contributed by atoms with Crippen molar-refractivity contribution in [2.24, 2.45) is 0 Å². The summed E-state index contributed by atoms with van der Waals surface area (Å²) in [6.45, 7) is 0. The molecule has 0 saturated carbocycles. The maximum Gasteiger partial charge on any atom is 0.265 e. The molecule has 1 N–H and O–H groups in total. The lowest BCUT2D eigenvalue weighted by Gasteiger charge is -2.08. The van der Waals surface area contributed by atoms with E-state index in [1.807, 2.05) is 66.7 Å². The molecule has 0 atom stereocenters. The van der Waals surface area contributed by atoms with E-state index in [4.69, 9.17) is 4.52 Å². The number of hydrogen-bond acceptors (Lipinski definition) is 6. The minimum atomic E-state index is -0.134. The molecule has 5 rings (SSSR count). The summed E-state index contributed by atoms with van der Waals surface area (Å²) in [4.78, 5) is 22.0. The molecule has 146 valence electrons. The van der Waals surface area contributed by atoms with Crippen LogP contribution in [0.25, 0.3) is 21.5 Å². The predicted molar refractivity (Wildman–Crippen MR) is 117 cm³/mol. The van der Waals surface area contributed by atoms with Gasteiger partial charge in [-0.05, 0) is 41.3 Å². The Morgan fingerprint density at radius 2 is 1.90 bits per heavy atom. The van der Waals surface area contributed by atoms with E-state index < -0.39 is 0 Å². The normalized spacial score (nSPS) is 10.9. The molecule has 5 aromatic rings. The number of fused-ring (bicyclic) bond motifs is 1. The third-order valence-corrected chi connectivity index (χ3v) is 5.76. The van der Waals surface area contributed by atoms with Gasteiger partial charge in [-0.15, -0.1) is 11.3 Å². The van der Waals surface area contributed by atoms with Gasteiger partial charge in [0.15, 0.2) is 0 Å². The molecule has 3 aromatic heterocycles. The highest BCUT2D eigenvalue weighted by atomic mass is 32.1. The summed E-state index contributed by atoms with van der Waals surface area (Å²) in [5.41, 5.74) is 2.41. The van der Waals surface area contributed by atoms with Crippen molar-refractivity contribution < 1.29 is 9.32 Å². The van der Waals surface area contributed by atoms with E-state index in [-0.39, 0.29) is 5.91 Å². The van der Waals surface area contributed by atoms with Gasteiger partial charge >= 0.3 is 0 Å². The zero-order valence-corrected chi connectivity index (χ0v) is 16.6. The SMILES string of the molecule is O=C(Nc1ccccc1Cc1nc(-c2cccnc2)no1)c1cc2ccccc2s1. The highest BCUT2D eigenvalue weighted by Crippen LogP contribution is 2.27. The van der Waals surface area contributed by atoms with E-state index in [1.165, 1.54) is 11.3 Å². The molecule has 3 heterocycles. The average Bonchev–Trinajstić information content (AvgIpc) is 3.43. The lowest BCUT2D eigenvalue weighted by atomic mass is 10.1. The van der Waals surface area contributed by atoms with Gasteiger partial charge in [0.05, 0.1) is 11.3 Å². The maximum absolute atomic E-state index is 12.8. The van der Waals surface area contributed by atoms with Crippen LogP contribution in [0.4, 0.5) is 5.69 Å². The van der Waals surface area contributed by atoms with Gasteiger partial charge in [-0.1, -0.05) is 41.6 Å². The summed E-state index contributed by atoms with van der Waals surface area (Å²) in [6, 6.07) is 21.2. The number of nitrogens with one attached hydrogen (secondary N) is 1. The summed E-state index contributed by atoms with van der Waals surface area (Å²) in [5.74, 6) is 0.826. The van der Waals surface area contributed by atoms with E-state index in [1.54, 1.807) is 12.4 Å². The molecule has 6 nitrogen and oxygen atoms in total. The lowest BCUT2D eigenvalue weighted by Crippen LogP contribution is -2.12. The molecular formula is C23H16N4O2S. The number of anilines is 1.